The van der Waals surface area contributed by atoms with Gasteiger partial charge in [-0.2, -0.15) is 0 Å². The fourth-order valence-electron chi connectivity index (χ4n) is 2.83. The number of rotatable bonds is 10. The lowest BCUT2D eigenvalue weighted by Gasteiger charge is -2.19. The van der Waals surface area contributed by atoms with Gasteiger partial charge in [-0.05, 0) is 62.5 Å². The predicted molar refractivity (Wildman–Crippen MR) is 118 cm³/mol. The van der Waals surface area contributed by atoms with E-state index in [4.69, 9.17) is 23.2 Å². The molecule has 2 amide bonds. The number of carbonyl (C=O) groups is 2. The Hall–Kier alpha value is -2.08. The minimum absolute atomic E-state index is 0.183. The molecule has 0 fully saturated rings. The van der Waals surface area contributed by atoms with Crippen LogP contribution in [-0.2, 0) is 22.4 Å². The van der Waals surface area contributed by atoms with Crippen LogP contribution in [0.2, 0.25) is 10.0 Å². The van der Waals surface area contributed by atoms with E-state index in [9.17, 15) is 9.59 Å². The SMILES string of the molecule is CN(C)CCCNC(=O)[C@@H](Cc1ccc(Cl)cc1)NC(=O)Cc1ccc(Cl)cc1. The van der Waals surface area contributed by atoms with Crippen LogP contribution in [-0.4, -0.2) is 49.9 Å². The number of amides is 2. The highest BCUT2D eigenvalue weighted by Gasteiger charge is 2.21. The van der Waals surface area contributed by atoms with Crippen LogP contribution in [0, 0.1) is 0 Å². The third-order valence-corrected chi connectivity index (χ3v) is 4.87. The zero-order valence-electron chi connectivity index (χ0n) is 16.8. The molecule has 2 N–H and O–H groups in total. The van der Waals surface area contributed by atoms with Crippen molar-refractivity contribution < 1.29 is 9.59 Å². The molecule has 0 aromatic heterocycles. The van der Waals surface area contributed by atoms with Crippen molar-refractivity contribution >= 4 is 35.0 Å². The standard InChI is InChI=1S/C22H27Cl2N3O2/c1-27(2)13-3-12-25-22(29)20(14-16-4-8-18(23)9-5-16)26-21(28)15-17-6-10-19(24)11-7-17/h4-11,20H,3,12-15H2,1-2H3,(H,25,29)(H,26,28)/t20-/m1/s1. The molecular weight excluding hydrogens is 409 g/mol. The molecule has 0 heterocycles. The van der Waals surface area contributed by atoms with Gasteiger partial charge in [-0.25, -0.2) is 0 Å². The molecule has 0 saturated carbocycles. The molecule has 0 spiro atoms. The molecular formula is C22H27Cl2N3O2. The first-order chi connectivity index (χ1) is 13.8. The van der Waals surface area contributed by atoms with Gasteiger partial charge in [-0.1, -0.05) is 47.5 Å². The minimum Gasteiger partial charge on any atom is -0.354 e. The summed E-state index contributed by atoms with van der Waals surface area (Å²) in [5.41, 5.74) is 1.76. The summed E-state index contributed by atoms with van der Waals surface area (Å²) in [5.74, 6) is -0.405. The lowest BCUT2D eigenvalue weighted by Crippen LogP contribution is -2.48. The second-order valence-electron chi connectivity index (χ2n) is 7.20. The van der Waals surface area contributed by atoms with Crippen molar-refractivity contribution in [2.75, 3.05) is 27.2 Å². The molecule has 0 bridgehead atoms. The second kappa shape index (κ2) is 11.8. The Bertz CT molecular complexity index is 793. The summed E-state index contributed by atoms with van der Waals surface area (Å²) in [6.07, 6.45) is 1.41. The third kappa shape index (κ3) is 8.86. The topological polar surface area (TPSA) is 61.4 Å². The number of carbonyl (C=O) groups excluding carboxylic acids is 2. The van der Waals surface area contributed by atoms with Crippen molar-refractivity contribution in [3.63, 3.8) is 0 Å². The Morgan fingerprint density at radius 1 is 0.931 bits per heavy atom. The van der Waals surface area contributed by atoms with Crippen LogP contribution in [0.4, 0.5) is 0 Å². The summed E-state index contributed by atoms with van der Waals surface area (Å²) in [4.78, 5) is 27.3. The van der Waals surface area contributed by atoms with Gasteiger partial charge in [-0.3, -0.25) is 9.59 Å². The summed E-state index contributed by atoms with van der Waals surface area (Å²) in [6, 6.07) is 13.7. The summed E-state index contributed by atoms with van der Waals surface area (Å²) in [6.45, 7) is 1.44. The van der Waals surface area contributed by atoms with Gasteiger partial charge < -0.3 is 15.5 Å². The smallest absolute Gasteiger partial charge is 0.242 e. The van der Waals surface area contributed by atoms with Crippen molar-refractivity contribution in [2.45, 2.75) is 25.3 Å². The van der Waals surface area contributed by atoms with E-state index in [1.807, 2.05) is 26.2 Å². The fourth-order valence-corrected chi connectivity index (χ4v) is 3.08. The van der Waals surface area contributed by atoms with Crippen LogP contribution in [0.5, 0.6) is 0 Å². The Morgan fingerprint density at radius 2 is 1.48 bits per heavy atom. The molecule has 0 unspecified atom stereocenters. The predicted octanol–water partition coefficient (Wildman–Crippen LogP) is 3.33. The van der Waals surface area contributed by atoms with Crippen molar-refractivity contribution in [3.8, 4) is 0 Å². The van der Waals surface area contributed by atoms with Gasteiger partial charge in [0.1, 0.15) is 6.04 Å². The zero-order valence-corrected chi connectivity index (χ0v) is 18.3. The maximum absolute atomic E-state index is 12.7. The number of nitrogens with zero attached hydrogens (tertiary/aromatic N) is 1. The molecule has 2 aromatic rings. The zero-order chi connectivity index (χ0) is 21.2. The largest absolute Gasteiger partial charge is 0.354 e. The first-order valence-corrected chi connectivity index (χ1v) is 10.3. The minimum atomic E-state index is -0.657. The summed E-state index contributed by atoms with van der Waals surface area (Å²) >= 11 is 11.8. The Morgan fingerprint density at radius 3 is 2.03 bits per heavy atom. The van der Waals surface area contributed by atoms with E-state index >= 15 is 0 Å². The van der Waals surface area contributed by atoms with Crippen LogP contribution in [0.25, 0.3) is 0 Å². The lowest BCUT2D eigenvalue weighted by atomic mass is 10.0. The highest BCUT2D eigenvalue weighted by Crippen LogP contribution is 2.12. The molecule has 2 aromatic carbocycles. The first-order valence-electron chi connectivity index (χ1n) is 9.54. The number of benzene rings is 2. The Balaban J connectivity index is 2.00. The number of hydrogen-bond donors (Lipinski definition) is 2. The molecule has 7 heteroatoms. The average Bonchev–Trinajstić information content (AvgIpc) is 2.68. The normalized spacial score (nSPS) is 11.9. The van der Waals surface area contributed by atoms with Gasteiger partial charge in [0, 0.05) is 23.0 Å². The van der Waals surface area contributed by atoms with Gasteiger partial charge in [0.2, 0.25) is 11.8 Å². The van der Waals surface area contributed by atoms with Gasteiger partial charge >= 0.3 is 0 Å². The van der Waals surface area contributed by atoms with Crippen LogP contribution in [0.15, 0.2) is 48.5 Å². The molecule has 2 rings (SSSR count). The highest BCUT2D eigenvalue weighted by atomic mass is 35.5. The molecule has 5 nitrogen and oxygen atoms in total. The van der Waals surface area contributed by atoms with Gasteiger partial charge in [-0.15, -0.1) is 0 Å². The van der Waals surface area contributed by atoms with Crippen molar-refractivity contribution in [3.05, 3.63) is 69.7 Å². The first kappa shape index (κ1) is 23.2. The highest BCUT2D eigenvalue weighted by molar-refractivity contribution is 6.30. The average molecular weight is 436 g/mol. The fraction of sp³-hybridized carbons (Fsp3) is 0.364. The molecule has 29 heavy (non-hydrogen) atoms. The third-order valence-electron chi connectivity index (χ3n) is 4.36. The quantitative estimate of drug-likeness (QED) is 0.562. The number of hydrogen-bond acceptors (Lipinski definition) is 3. The molecule has 0 saturated heterocycles. The summed E-state index contributed by atoms with van der Waals surface area (Å²) in [7, 11) is 3.98. The van der Waals surface area contributed by atoms with Crippen molar-refractivity contribution in [1.82, 2.24) is 15.5 Å². The van der Waals surface area contributed by atoms with E-state index in [-0.39, 0.29) is 18.2 Å². The van der Waals surface area contributed by atoms with Gasteiger partial charge in [0.25, 0.3) is 0 Å². The van der Waals surface area contributed by atoms with E-state index in [0.29, 0.717) is 23.0 Å². The monoisotopic (exact) mass is 435 g/mol. The molecule has 0 aliphatic rings. The number of nitrogens with one attached hydrogen (secondary N) is 2. The van der Waals surface area contributed by atoms with Crippen LogP contribution >= 0.6 is 23.2 Å². The van der Waals surface area contributed by atoms with Crippen LogP contribution < -0.4 is 10.6 Å². The molecule has 156 valence electrons. The van der Waals surface area contributed by atoms with E-state index in [0.717, 1.165) is 24.1 Å². The second-order valence-corrected chi connectivity index (χ2v) is 8.07. The van der Waals surface area contributed by atoms with Crippen LogP contribution in [0.1, 0.15) is 17.5 Å². The van der Waals surface area contributed by atoms with E-state index < -0.39 is 6.04 Å². The molecule has 0 aliphatic carbocycles. The lowest BCUT2D eigenvalue weighted by molar-refractivity contribution is -0.128. The van der Waals surface area contributed by atoms with E-state index in [1.54, 1.807) is 36.4 Å². The summed E-state index contributed by atoms with van der Waals surface area (Å²) in [5, 5.41) is 7.04. The van der Waals surface area contributed by atoms with E-state index in [2.05, 4.69) is 15.5 Å². The van der Waals surface area contributed by atoms with Crippen LogP contribution in [0.3, 0.4) is 0 Å². The number of halogens is 2. The van der Waals surface area contributed by atoms with Gasteiger partial charge in [0.05, 0.1) is 6.42 Å². The van der Waals surface area contributed by atoms with Crippen molar-refractivity contribution in [1.29, 1.82) is 0 Å². The van der Waals surface area contributed by atoms with Crippen molar-refractivity contribution in [2.24, 2.45) is 0 Å². The Labute approximate surface area is 182 Å². The summed E-state index contributed by atoms with van der Waals surface area (Å²) < 4.78 is 0. The van der Waals surface area contributed by atoms with Gasteiger partial charge in [0.15, 0.2) is 0 Å². The van der Waals surface area contributed by atoms with E-state index in [1.165, 1.54) is 0 Å². The maximum Gasteiger partial charge on any atom is 0.242 e. The molecule has 0 radical (unpaired) electrons. The molecule has 0 aliphatic heterocycles. The molecule has 1 atom stereocenters. The maximum atomic E-state index is 12.7. The Kier molecular flexibility index (Phi) is 9.45.